The molecule has 0 aromatic heterocycles. The number of amides is 2. The zero-order chi connectivity index (χ0) is 14.8. The molecule has 19 heavy (non-hydrogen) atoms. The lowest BCUT2D eigenvalue weighted by molar-refractivity contribution is -0.207. The van der Waals surface area contributed by atoms with Crippen LogP contribution in [0.3, 0.4) is 0 Å². The molecule has 0 spiro atoms. The number of hydrogen-bond donors (Lipinski definition) is 4. The fourth-order valence-electron chi connectivity index (χ4n) is 1.33. The minimum absolute atomic E-state index is 0.210. The van der Waals surface area contributed by atoms with Crippen molar-refractivity contribution in [1.29, 1.82) is 0 Å². The number of alkyl halides is 3. The summed E-state index contributed by atoms with van der Waals surface area (Å²) in [6, 6.07) is -1.11. The number of aliphatic carboxylic acids is 1. The molecule has 1 aliphatic rings. The lowest BCUT2D eigenvalue weighted by atomic mass is 10.0. The molecular formula is C9H12F3N3O4. The van der Waals surface area contributed by atoms with Gasteiger partial charge in [-0.15, -0.1) is 0 Å². The predicted octanol–water partition coefficient (Wildman–Crippen LogP) is -1.40. The van der Waals surface area contributed by atoms with Crippen LogP contribution in [0.2, 0.25) is 0 Å². The molecule has 10 heteroatoms. The second kappa shape index (κ2) is 5.03. The summed E-state index contributed by atoms with van der Waals surface area (Å²) >= 11 is 0. The summed E-state index contributed by atoms with van der Waals surface area (Å²) in [6.45, 7) is -0.0826. The zero-order valence-corrected chi connectivity index (χ0v) is 9.80. The Morgan fingerprint density at radius 1 is 1.42 bits per heavy atom. The van der Waals surface area contributed by atoms with Crippen LogP contribution in [-0.2, 0) is 14.4 Å². The first-order chi connectivity index (χ1) is 8.58. The van der Waals surface area contributed by atoms with Crippen LogP contribution in [-0.4, -0.2) is 53.7 Å². The Balaban J connectivity index is 2.78. The van der Waals surface area contributed by atoms with E-state index in [9.17, 15) is 27.6 Å². The molecule has 108 valence electrons. The van der Waals surface area contributed by atoms with Gasteiger partial charge < -0.3 is 15.7 Å². The minimum Gasteiger partial charge on any atom is -0.479 e. The maximum atomic E-state index is 12.7. The van der Waals surface area contributed by atoms with Crippen LogP contribution in [0.25, 0.3) is 0 Å². The van der Waals surface area contributed by atoms with Gasteiger partial charge in [-0.25, -0.2) is 4.79 Å². The second-order valence-electron chi connectivity index (χ2n) is 4.15. The topological polar surface area (TPSA) is 108 Å². The molecule has 2 atom stereocenters. The van der Waals surface area contributed by atoms with Crippen molar-refractivity contribution < 1.29 is 32.7 Å². The van der Waals surface area contributed by atoms with Crippen molar-refractivity contribution in [3.05, 3.63) is 0 Å². The molecule has 1 saturated heterocycles. The third-order valence-electron chi connectivity index (χ3n) is 2.70. The van der Waals surface area contributed by atoms with Gasteiger partial charge in [-0.05, 0) is 6.92 Å². The molecule has 1 rings (SSSR count). The summed E-state index contributed by atoms with van der Waals surface area (Å²) in [7, 11) is 0. The fraction of sp³-hybridized carbons (Fsp3) is 0.667. The maximum absolute atomic E-state index is 12.7. The van der Waals surface area contributed by atoms with E-state index in [0.29, 0.717) is 6.92 Å². The van der Waals surface area contributed by atoms with E-state index in [2.05, 4.69) is 10.6 Å². The van der Waals surface area contributed by atoms with Crippen LogP contribution in [0.15, 0.2) is 0 Å². The number of rotatable bonds is 3. The van der Waals surface area contributed by atoms with Gasteiger partial charge in [0.2, 0.25) is 17.4 Å². The van der Waals surface area contributed by atoms with E-state index in [1.807, 2.05) is 0 Å². The third kappa shape index (κ3) is 3.13. The number of carboxylic acids is 1. The molecule has 0 aromatic carbocycles. The van der Waals surface area contributed by atoms with E-state index in [1.165, 1.54) is 5.32 Å². The van der Waals surface area contributed by atoms with E-state index < -0.39 is 35.5 Å². The molecule has 1 fully saturated rings. The van der Waals surface area contributed by atoms with Crippen molar-refractivity contribution in [2.45, 2.75) is 24.7 Å². The standard InChI is InChI=1S/C9H12F3N3O4/c1-8(7(18)19,9(10,11)12)15-6(17)4-2-14-5(16)3-13-4/h4,13H,2-3H2,1H3,(H,14,16)(H,15,17)(H,18,19). The molecule has 0 aliphatic carbocycles. The van der Waals surface area contributed by atoms with Gasteiger partial charge in [-0.1, -0.05) is 0 Å². The molecule has 0 saturated carbocycles. The van der Waals surface area contributed by atoms with Gasteiger partial charge in [-0.3, -0.25) is 14.9 Å². The van der Waals surface area contributed by atoms with Crippen molar-refractivity contribution in [1.82, 2.24) is 16.0 Å². The molecule has 2 amide bonds. The molecule has 0 bridgehead atoms. The highest BCUT2D eigenvalue weighted by Gasteiger charge is 2.58. The highest BCUT2D eigenvalue weighted by molar-refractivity contribution is 5.91. The minimum atomic E-state index is -5.15. The maximum Gasteiger partial charge on any atom is 0.422 e. The van der Waals surface area contributed by atoms with Crippen LogP contribution in [0, 0.1) is 0 Å². The molecule has 4 N–H and O–H groups in total. The third-order valence-corrected chi connectivity index (χ3v) is 2.70. The Bertz CT molecular complexity index is 402. The van der Waals surface area contributed by atoms with Crippen LogP contribution in [0.1, 0.15) is 6.92 Å². The Kier molecular flexibility index (Phi) is 4.03. The summed E-state index contributed by atoms with van der Waals surface area (Å²) in [6.07, 6.45) is -5.15. The molecule has 7 nitrogen and oxygen atoms in total. The van der Waals surface area contributed by atoms with Gasteiger partial charge in [0.15, 0.2) is 0 Å². The van der Waals surface area contributed by atoms with Gasteiger partial charge in [0.1, 0.15) is 6.04 Å². The van der Waals surface area contributed by atoms with Gasteiger partial charge >= 0.3 is 12.1 Å². The van der Waals surface area contributed by atoms with Gasteiger partial charge in [-0.2, -0.15) is 13.2 Å². The molecule has 0 aromatic rings. The van der Waals surface area contributed by atoms with E-state index in [1.54, 1.807) is 0 Å². The van der Waals surface area contributed by atoms with E-state index in [4.69, 9.17) is 5.11 Å². The number of carbonyl (C=O) groups excluding carboxylic acids is 2. The highest BCUT2D eigenvalue weighted by Crippen LogP contribution is 2.30. The Labute approximate surface area is 105 Å². The Morgan fingerprint density at radius 2 is 2.00 bits per heavy atom. The van der Waals surface area contributed by atoms with E-state index >= 15 is 0 Å². The number of carboxylic acid groups (broad SMARTS) is 1. The number of halogens is 3. The van der Waals surface area contributed by atoms with E-state index in [-0.39, 0.29) is 13.1 Å². The molecule has 1 aliphatic heterocycles. The lowest BCUT2D eigenvalue weighted by Gasteiger charge is -2.31. The predicted molar refractivity (Wildman–Crippen MR) is 55.0 cm³/mol. The van der Waals surface area contributed by atoms with Crippen molar-refractivity contribution in [3.63, 3.8) is 0 Å². The molecule has 1 heterocycles. The normalized spacial score (nSPS) is 23.2. The average Bonchev–Trinajstić information content (AvgIpc) is 2.27. The Hall–Kier alpha value is -1.84. The second-order valence-corrected chi connectivity index (χ2v) is 4.15. The summed E-state index contributed by atoms with van der Waals surface area (Å²) in [5.41, 5.74) is -3.38. The summed E-state index contributed by atoms with van der Waals surface area (Å²) in [5.74, 6) is -3.77. The van der Waals surface area contributed by atoms with Crippen LogP contribution < -0.4 is 16.0 Å². The summed E-state index contributed by atoms with van der Waals surface area (Å²) in [4.78, 5) is 33.1. The first kappa shape index (κ1) is 15.2. The monoisotopic (exact) mass is 283 g/mol. The largest absolute Gasteiger partial charge is 0.479 e. The smallest absolute Gasteiger partial charge is 0.422 e. The average molecular weight is 283 g/mol. The van der Waals surface area contributed by atoms with Gasteiger partial charge in [0.05, 0.1) is 6.54 Å². The summed E-state index contributed by atoms with van der Waals surface area (Å²) in [5, 5.41) is 14.7. The fourth-order valence-corrected chi connectivity index (χ4v) is 1.33. The van der Waals surface area contributed by atoms with Crippen molar-refractivity contribution in [2.24, 2.45) is 0 Å². The first-order valence-electron chi connectivity index (χ1n) is 5.20. The Morgan fingerprint density at radius 3 is 2.37 bits per heavy atom. The number of hydrogen-bond acceptors (Lipinski definition) is 4. The molecular weight excluding hydrogens is 271 g/mol. The van der Waals surface area contributed by atoms with Gasteiger partial charge in [0.25, 0.3) is 0 Å². The molecule has 2 unspecified atom stereocenters. The zero-order valence-electron chi connectivity index (χ0n) is 9.80. The first-order valence-corrected chi connectivity index (χ1v) is 5.20. The van der Waals surface area contributed by atoms with Gasteiger partial charge in [0, 0.05) is 6.54 Å². The number of nitrogens with one attached hydrogen (secondary N) is 3. The lowest BCUT2D eigenvalue weighted by Crippen LogP contribution is -2.67. The van der Waals surface area contributed by atoms with Crippen molar-refractivity contribution in [2.75, 3.05) is 13.1 Å². The molecule has 0 radical (unpaired) electrons. The highest BCUT2D eigenvalue weighted by atomic mass is 19.4. The SMILES string of the molecule is CC(NC(=O)C1CNC(=O)CN1)(C(=O)O)C(F)(F)F. The quantitative estimate of drug-likeness (QED) is 0.509. The van der Waals surface area contributed by atoms with Crippen LogP contribution in [0.5, 0.6) is 0 Å². The van der Waals surface area contributed by atoms with Crippen LogP contribution >= 0.6 is 0 Å². The summed E-state index contributed by atoms with van der Waals surface area (Å²) < 4.78 is 38.0. The number of carbonyl (C=O) groups is 3. The number of piperazine rings is 1. The van der Waals surface area contributed by atoms with Crippen molar-refractivity contribution >= 4 is 17.8 Å². The van der Waals surface area contributed by atoms with Crippen LogP contribution in [0.4, 0.5) is 13.2 Å². The van der Waals surface area contributed by atoms with Crippen molar-refractivity contribution in [3.8, 4) is 0 Å². The van der Waals surface area contributed by atoms with E-state index in [0.717, 1.165) is 0 Å².